The van der Waals surface area contributed by atoms with Gasteiger partial charge in [0, 0.05) is 22.2 Å². The average Bonchev–Trinajstić information content (AvgIpc) is 2.80. The largest absolute Gasteiger partial charge is 0.391 e. The van der Waals surface area contributed by atoms with Crippen LogP contribution in [0.2, 0.25) is 0 Å². The third kappa shape index (κ3) is 7.72. The van der Waals surface area contributed by atoms with Crippen molar-refractivity contribution >= 4 is 57.6 Å². The molecular weight excluding hydrogens is 589 g/mol. The number of nitrogens with one attached hydrogen (secondary N) is 4. The number of carbonyl (C=O) groups is 4. The Morgan fingerprint density at radius 1 is 1.22 bits per heavy atom. The predicted molar refractivity (Wildman–Crippen MR) is 138 cm³/mol. The number of nitro benzene ring substituents is 1. The van der Waals surface area contributed by atoms with E-state index in [1.165, 1.54) is 13.0 Å². The van der Waals surface area contributed by atoms with E-state index in [1.807, 2.05) is 22.6 Å². The number of aliphatic hydroxyl groups is 1. The van der Waals surface area contributed by atoms with E-state index < -0.39 is 52.8 Å². The Morgan fingerprint density at radius 3 is 2.50 bits per heavy atom. The quantitative estimate of drug-likeness (QED) is 0.0864. The first kappa shape index (κ1) is 29.2. The molecule has 0 spiro atoms. The first-order valence-electron chi connectivity index (χ1n) is 11.3. The summed E-state index contributed by atoms with van der Waals surface area (Å²) >= 11 is 1.84. The van der Waals surface area contributed by atoms with Crippen molar-refractivity contribution in [2.45, 2.75) is 56.8 Å². The molecule has 36 heavy (non-hydrogen) atoms. The zero-order valence-corrected chi connectivity index (χ0v) is 21.7. The zero-order valence-electron chi connectivity index (χ0n) is 19.6. The fraction of sp³-hybridized carbons (Fsp3) is 0.524. The number of non-ortho nitro benzene ring substituents is 1. The lowest BCUT2D eigenvalue weighted by Gasteiger charge is -2.27. The van der Waals surface area contributed by atoms with Crippen LogP contribution in [-0.4, -0.2) is 71.0 Å². The van der Waals surface area contributed by atoms with Crippen LogP contribution in [0.5, 0.6) is 0 Å². The van der Waals surface area contributed by atoms with Gasteiger partial charge in [0.05, 0.1) is 22.3 Å². The molecule has 9 N–H and O–H groups in total. The first-order chi connectivity index (χ1) is 17.0. The number of fused-ring (bicyclic) bond motifs is 1. The van der Waals surface area contributed by atoms with Crippen molar-refractivity contribution in [1.82, 2.24) is 16.0 Å². The van der Waals surface area contributed by atoms with Gasteiger partial charge in [0.15, 0.2) is 0 Å². The highest BCUT2D eigenvalue weighted by Crippen LogP contribution is 2.29. The third-order valence-corrected chi connectivity index (χ3v) is 6.41. The maximum Gasteiger partial charge on any atom is 0.271 e. The van der Waals surface area contributed by atoms with E-state index in [2.05, 4.69) is 21.3 Å². The topological polar surface area (TPSA) is 232 Å². The second-order valence-corrected chi connectivity index (χ2v) is 9.49. The molecule has 0 saturated heterocycles. The Morgan fingerprint density at radius 2 is 1.92 bits per heavy atom. The maximum atomic E-state index is 13.3. The average molecular weight is 619 g/mol. The van der Waals surface area contributed by atoms with Gasteiger partial charge in [-0.2, -0.15) is 0 Å². The number of hydrogen-bond acceptors (Lipinski definition) is 9. The van der Waals surface area contributed by atoms with E-state index in [0.29, 0.717) is 23.0 Å². The number of carbonyl (C=O) groups excluding carboxylic acids is 4. The van der Waals surface area contributed by atoms with E-state index in [9.17, 15) is 34.4 Å². The second kappa shape index (κ2) is 13.3. The SMILES string of the molecule is CC(O)[C@@H]1NC(=O)C(CCCCN)NC(=O)c2cc([N+](=O)[O-])cc(I)c2NCC[C@@H](C(N)=O)NC1=O. The highest BCUT2D eigenvalue weighted by Gasteiger charge is 2.33. The summed E-state index contributed by atoms with van der Waals surface area (Å²) in [6.45, 7) is 1.70. The van der Waals surface area contributed by atoms with Crippen LogP contribution in [0.1, 0.15) is 43.0 Å². The Kier molecular flexibility index (Phi) is 10.8. The molecule has 0 fully saturated rings. The normalized spacial score (nSPS) is 22.1. The summed E-state index contributed by atoms with van der Waals surface area (Å²) in [5, 5.41) is 31.9. The van der Waals surface area contributed by atoms with Gasteiger partial charge in [-0.25, -0.2) is 0 Å². The summed E-state index contributed by atoms with van der Waals surface area (Å²) in [5.41, 5.74) is 10.8. The Hall–Kier alpha value is -3.05. The Balaban J connectivity index is 2.55. The van der Waals surface area contributed by atoms with Crippen molar-refractivity contribution in [1.29, 1.82) is 0 Å². The van der Waals surface area contributed by atoms with Gasteiger partial charge in [0.25, 0.3) is 11.6 Å². The molecule has 4 atom stereocenters. The molecule has 0 radical (unpaired) electrons. The molecule has 1 aromatic rings. The molecule has 2 rings (SSSR count). The van der Waals surface area contributed by atoms with Crippen LogP contribution < -0.4 is 32.7 Å². The van der Waals surface area contributed by atoms with Crippen molar-refractivity contribution in [2.24, 2.45) is 11.5 Å². The van der Waals surface area contributed by atoms with Gasteiger partial charge < -0.3 is 37.8 Å². The molecular formula is C21H30IN7O7. The smallest absolute Gasteiger partial charge is 0.271 e. The van der Waals surface area contributed by atoms with Gasteiger partial charge in [-0.3, -0.25) is 29.3 Å². The van der Waals surface area contributed by atoms with E-state index in [4.69, 9.17) is 11.5 Å². The first-order valence-corrected chi connectivity index (χ1v) is 12.3. The van der Waals surface area contributed by atoms with E-state index in [0.717, 1.165) is 6.07 Å². The predicted octanol–water partition coefficient (Wildman–Crippen LogP) is -0.922. The molecule has 1 aromatic carbocycles. The van der Waals surface area contributed by atoms with Crippen LogP contribution in [-0.2, 0) is 14.4 Å². The molecule has 0 bridgehead atoms. The van der Waals surface area contributed by atoms with Crippen LogP contribution >= 0.6 is 22.6 Å². The Bertz CT molecular complexity index is 1020. The number of aliphatic hydroxyl groups excluding tert-OH is 1. The number of hydrogen-bond donors (Lipinski definition) is 7. The van der Waals surface area contributed by atoms with Crippen molar-refractivity contribution in [2.75, 3.05) is 18.4 Å². The van der Waals surface area contributed by atoms with Crippen molar-refractivity contribution in [3.63, 3.8) is 0 Å². The zero-order chi connectivity index (χ0) is 27.0. The summed E-state index contributed by atoms with van der Waals surface area (Å²) in [6, 6.07) is -1.36. The fourth-order valence-electron chi connectivity index (χ4n) is 3.60. The van der Waals surface area contributed by atoms with E-state index in [-0.39, 0.29) is 36.3 Å². The van der Waals surface area contributed by atoms with Crippen molar-refractivity contribution in [3.8, 4) is 0 Å². The fourth-order valence-corrected chi connectivity index (χ4v) is 4.40. The maximum absolute atomic E-state index is 13.3. The number of nitrogens with two attached hydrogens (primary N) is 2. The summed E-state index contributed by atoms with van der Waals surface area (Å²) < 4.78 is 0.358. The lowest BCUT2D eigenvalue weighted by atomic mass is 10.0. The van der Waals surface area contributed by atoms with Crippen molar-refractivity contribution in [3.05, 3.63) is 31.4 Å². The van der Waals surface area contributed by atoms with E-state index in [1.54, 1.807) is 0 Å². The third-order valence-electron chi connectivity index (χ3n) is 5.56. The van der Waals surface area contributed by atoms with E-state index >= 15 is 0 Å². The van der Waals surface area contributed by atoms with Gasteiger partial charge in [-0.05, 0) is 61.7 Å². The lowest BCUT2D eigenvalue weighted by molar-refractivity contribution is -0.384. The van der Waals surface area contributed by atoms with Crippen LogP contribution in [0.15, 0.2) is 12.1 Å². The summed E-state index contributed by atoms with van der Waals surface area (Å²) in [7, 11) is 0. The molecule has 1 aliphatic heterocycles. The number of primary amides is 1. The molecule has 0 aromatic heterocycles. The monoisotopic (exact) mass is 619 g/mol. The molecule has 0 saturated carbocycles. The van der Waals surface area contributed by atoms with Crippen LogP contribution in [0, 0.1) is 13.7 Å². The second-order valence-electron chi connectivity index (χ2n) is 8.32. The minimum absolute atomic E-state index is 0.00259. The summed E-state index contributed by atoms with van der Waals surface area (Å²) in [5.74, 6) is -3.18. The molecule has 198 valence electrons. The van der Waals surface area contributed by atoms with Crippen LogP contribution in [0.25, 0.3) is 0 Å². The highest BCUT2D eigenvalue weighted by molar-refractivity contribution is 14.1. The van der Waals surface area contributed by atoms with Crippen LogP contribution in [0.3, 0.4) is 0 Å². The molecule has 14 nitrogen and oxygen atoms in total. The van der Waals surface area contributed by atoms with Gasteiger partial charge >= 0.3 is 0 Å². The number of nitrogens with zero attached hydrogens (tertiary/aromatic N) is 1. The lowest BCUT2D eigenvalue weighted by Crippen LogP contribution is -2.59. The molecule has 1 aliphatic rings. The van der Waals surface area contributed by atoms with Crippen molar-refractivity contribution < 1.29 is 29.2 Å². The van der Waals surface area contributed by atoms with Gasteiger partial charge in [-0.1, -0.05) is 0 Å². The molecule has 15 heteroatoms. The molecule has 1 heterocycles. The number of benzene rings is 1. The molecule has 0 aliphatic carbocycles. The minimum Gasteiger partial charge on any atom is -0.391 e. The standard InChI is InChI=1S/C21H30IN7O7/c1-10(30)16-21(34)26-14(18(24)31)5-7-25-17-12(8-11(29(35)36)9-13(17)22)19(32)27-15(20(33)28-16)4-2-3-6-23/h8-10,14-16,25,30H,2-7,23H2,1H3,(H2,24,31)(H,26,34)(H,27,32)(H,28,33)/t10?,14-,15?,16-/m0/s1. The number of anilines is 1. The van der Waals surface area contributed by atoms with Gasteiger partial charge in [0.2, 0.25) is 17.7 Å². The number of nitro groups is 1. The molecule has 2 unspecified atom stereocenters. The minimum atomic E-state index is -1.43. The van der Waals surface area contributed by atoms with Crippen LogP contribution in [0.4, 0.5) is 11.4 Å². The van der Waals surface area contributed by atoms with Gasteiger partial charge in [0.1, 0.15) is 18.1 Å². The summed E-state index contributed by atoms with van der Waals surface area (Å²) in [6.07, 6.45) is -0.165. The molecule has 4 amide bonds. The highest BCUT2D eigenvalue weighted by atomic mass is 127. The number of amides is 4. The Labute approximate surface area is 220 Å². The number of unbranched alkanes of at least 4 members (excludes halogenated alkanes) is 1. The number of halogens is 1. The van der Waals surface area contributed by atoms with Gasteiger partial charge in [-0.15, -0.1) is 0 Å². The number of rotatable bonds is 7. The summed E-state index contributed by atoms with van der Waals surface area (Å²) in [4.78, 5) is 61.8.